The number of carbonyl (C=O) groups is 1. The number of hydrogen-bond acceptors (Lipinski definition) is 4. The van der Waals surface area contributed by atoms with Crippen LogP contribution < -0.4 is 14.8 Å². The lowest BCUT2D eigenvalue weighted by Crippen LogP contribution is -2.37. The maximum absolute atomic E-state index is 12.7. The van der Waals surface area contributed by atoms with Crippen LogP contribution >= 0.6 is 0 Å². The molecule has 2 N–H and O–H groups in total. The zero-order valence-electron chi connectivity index (χ0n) is 18.1. The molecule has 1 aromatic rings. The smallest absolute Gasteiger partial charge is 0.240 e. The zero-order chi connectivity index (χ0) is 22.3. The van der Waals surface area contributed by atoms with Crippen molar-refractivity contribution in [1.82, 2.24) is 10.0 Å². The first-order valence-electron chi connectivity index (χ1n) is 10.2. The molecule has 6 nitrogen and oxygen atoms in total. The minimum Gasteiger partial charge on any atom is -0.497 e. The summed E-state index contributed by atoms with van der Waals surface area (Å²) in [6, 6.07) is 6.33. The molecular weight excluding hydrogens is 400 g/mol. The van der Waals surface area contributed by atoms with Gasteiger partial charge in [-0.15, -0.1) is 6.42 Å². The van der Waals surface area contributed by atoms with E-state index < -0.39 is 10.0 Å². The SMILES string of the molecule is C#CCNC(=O)CC1CC(C(C)C)C(CNS(=O)(=O)c2ccc(OC)cc2)C=C1C. The highest BCUT2D eigenvalue weighted by molar-refractivity contribution is 7.89. The molecule has 2 rings (SSSR count). The fourth-order valence-electron chi connectivity index (χ4n) is 4.00. The van der Waals surface area contributed by atoms with Gasteiger partial charge in [0.2, 0.25) is 15.9 Å². The minimum atomic E-state index is -3.61. The number of ether oxygens (including phenoxy) is 1. The molecule has 0 radical (unpaired) electrons. The minimum absolute atomic E-state index is 0.0492. The van der Waals surface area contributed by atoms with E-state index >= 15 is 0 Å². The second-order valence-corrected chi connectivity index (χ2v) is 9.89. The summed E-state index contributed by atoms with van der Waals surface area (Å²) in [6.45, 7) is 6.85. The van der Waals surface area contributed by atoms with Gasteiger partial charge in [0.15, 0.2) is 0 Å². The second kappa shape index (κ2) is 10.6. The Kier molecular flexibility index (Phi) is 8.51. The van der Waals surface area contributed by atoms with E-state index in [1.54, 1.807) is 12.1 Å². The van der Waals surface area contributed by atoms with Gasteiger partial charge in [0, 0.05) is 13.0 Å². The highest BCUT2D eigenvalue weighted by Gasteiger charge is 2.33. The number of terminal acetylenes is 1. The molecule has 1 amide bonds. The molecule has 0 saturated heterocycles. The number of nitrogens with one attached hydrogen (secondary N) is 2. The number of sulfonamides is 1. The third-order valence-electron chi connectivity index (χ3n) is 5.78. The first-order chi connectivity index (χ1) is 14.2. The Morgan fingerprint density at radius 2 is 1.97 bits per heavy atom. The average Bonchev–Trinajstić information content (AvgIpc) is 2.72. The highest BCUT2D eigenvalue weighted by atomic mass is 32.2. The molecule has 0 aliphatic heterocycles. The number of carbonyl (C=O) groups excluding carboxylic acids is 1. The maximum Gasteiger partial charge on any atom is 0.240 e. The van der Waals surface area contributed by atoms with Gasteiger partial charge < -0.3 is 10.1 Å². The number of allylic oxidation sites excluding steroid dienone is 1. The third kappa shape index (κ3) is 6.35. The van der Waals surface area contributed by atoms with Crippen molar-refractivity contribution in [3.63, 3.8) is 0 Å². The summed E-state index contributed by atoms with van der Waals surface area (Å²) in [5, 5.41) is 2.72. The number of hydrogen-bond donors (Lipinski definition) is 2. The van der Waals surface area contributed by atoms with E-state index in [0.717, 1.165) is 12.0 Å². The molecular formula is C23H32N2O4S. The number of rotatable bonds is 9. The fraction of sp³-hybridized carbons (Fsp3) is 0.522. The molecule has 0 saturated carbocycles. The molecule has 1 aliphatic carbocycles. The van der Waals surface area contributed by atoms with Crippen molar-refractivity contribution < 1.29 is 17.9 Å². The van der Waals surface area contributed by atoms with Crippen molar-refractivity contribution in [2.45, 2.75) is 38.5 Å². The summed E-state index contributed by atoms with van der Waals surface area (Å²) in [5.74, 6) is 3.83. The van der Waals surface area contributed by atoms with Gasteiger partial charge in [-0.2, -0.15) is 0 Å². The first kappa shape index (κ1) is 24.0. The lowest BCUT2D eigenvalue weighted by Gasteiger charge is -2.37. The summed E-state index contributed by atoms with van der Waals surface area (Å²) in [4.78, 5) is 12.3. The molecule has 1 aliphatic rings. The van der Waals surface area contributed by atoms with Crippen molar-refractivity contribution >= 4 is 15.9 Å². The van der Waals surface area contributed by atoms with Crippen molar-refractivity contribution in [2.24, 2.45) is 23.7 Å². The van der Waals surface area contributed by atoms with E-state index in [1.807, 2.05) is 6.92 Å². The molecule has 164 valence electrons. The van der Waals surface area contributed by atoms with E-state index in [9.17, 15) is 13.2 Å². The zero-order valence-corrected chi connectivity index (χ0v) is 19.0. The van der Waals surface area contributed by atoms with Crippen LogP contribution in [0.25, 0.3) is 0 Å². The first-order valence-corrected chi connectivity index (χ1v) is 11.7. The normalized spacial score (nSPS) is 21.6. The summed E-state index contributed by atoms with van der Waals surface area (Å²) in [7, 11) is -2.07. The predicted molar refractivity (Wildman–Crippen MR) is 118 cm³/mol. The van der Waals surface area contributed by atoms with Gasteiger partial charge in [0.1, 0.15) is 5.75 Å². The second-order valence-electron chi connectivity index (χ2n) is 8.13. The molecule has 7 heteroatoms. The molecule has 3 atom stereocenters. The third-order valence-corrected chi connectivity index (χ3v) is 7.22. The van der Waals surface area contributed by atoms with E-state index in [1.165, 1.54) is 19.2 Å². The van der Waals surface area contributed by atoms with Gasteiger partial charge in [-0.3, -0.25) is 4.79 Å². The molecule has 1 aromatic carbocycles. The Bertz CT molecular complexity index is 898. The largest absolute Gasteiger partial charge is 0.497 e. The number of benzene rings is 1. The molecule has 0 bridgehead atoms. The number of amides is 1. The monoisotopic (exact) mass is 432 g/mol. The van der Waals surface area contributed by atoms with Crippen LogP contribution in [-0.4, -0.2) is 34.5 Å². The topological polar surface area (TPSA) is 84.5 Å². The van der Waals surface area contributed by atoms with Crippen LogP contribution in [0.2, 0.25) is 0 Å². The van der Waals surface area contributed by atoms with Crippen LogP contribution in [0.3, 0.4) is 0 Å². The lowest BCUT2D eigenvalue weighted by molar-refractivity contribution is -0.121. The Morgan fingerprint density at radius 1 is 1.30 bits per heavy atom. The van der Waals surface area contributed by atoms with Gasteiger partial charge in [-0.25, -0.2) is 13.1 Å². The van der Waals surface area contributed by atoms with E-state index in [2.05, 4.69) is 35.9 Å². The quantitative estimate of drug-likeness (QED) is 0.464. The van der Waals surface area contributed by atoms with Gasteiger partial charge in [0.05, 0.1) is 18.6 Å². The van der Waals surface area contributed by atoms with Crippen LogP contribution in [-0.2, 0) is 14.8 Å². The molecule has 3 unspecified atom stereocenters. The van der Waals surface area contributed by atoms with Gasteiger partial charge in [0.25, 0.3) is 0 Å². The number of methoxy groups -OCH3 is 1. The Hall–Kier alpha value is -2.30. The maximum atomic E-state index is 12.7. The van der Waals surface area contributed by atoms with Gasteiger partial charge in [-0.05, 0) is 61.3 Å². The van der Waals surface area contributed by atoms with Crippen LogP contribution in [0.5, 0.6) is 5.75 Å². The van der Waals surface area contributed by atoms with Crippen LogP contribution in [0.4, 0.5) is 0 Å². The van der Waals surface area contributed by atoms with Crippen LogP contribution in [0.1, 0.15) is 33.6 Å². The van der Waals surface area contributed by atoms with E-state index in [-0.39, 0.29) is 35.1 Å². The van der Waals surface area contributed by atoms with Crippen molar-refractivity contribution in [3.05, 3.63) is 35.9 Å². The fourth-order valence-corrected chi connectivity index (χ4v) is 5.07. The van der Waals surface area contributed by atoms with Crippen molar-refractivity contribution in [1.29, 1.82) is 0 Å². The van der Waals surface area contributed by atoms with Crippen molar-refractivity contribution in [2.75, 3.05) is 20.2 Å². The van der Waals surface area contributed by atoms with Crippen LogP contribution in [0, 0.1) is 36.0 Å². The van der Waals surface area contributed by atoms with Crippen molar-refractivity contribution in [3.8, 4) is 18.1 Å². The standard InChI is InChI=1S/C23H32N2O4S/c1-6-11-24-23(26)14-18-13-22(16(2)3)19(12-17(18)4)15-25-30(27,28)21-9-7-20(29-5)8-10-21/h1,7-10,12,16,18-19,22,25H,11,13-15H2,2-5H3,(H,24,26). The summed E-state index contributed by atoms with van der Waals surface area (Å²) in [6.07, 6.45) is 8.58. The lowest BCUT2D eigenvalue weighted by atomic mass is 9.70. The molecule has 0 aromatic heterocycles. The van der Waals surface area contributed by atoms with Gasteiger partial charge in [-0.1, -0.05) is 31.4 Å². The molecule has 30 heavy (non-hydrogen) atoms. The van der Waals surface area contributed by atoms with Crippen LogP contribution in [0.15, 0.2) is 40.8 Å². The Labute approximate surface area is 180 Å². The van der Waals surface area contributed by atoms with E-state index in [0.29, 0.717) is 24.6 Å². The predicted octanol–water partition coefficient (Wildman–Crippen LogP) is 2.97. The molecule has 0 heterocycles. The Balaban J connectivity index is 2.09. The summed E-state index contributed by atoms with van der Waals surface area (Å²) in [5.41, 5.74) is 1.12. The summed E-state index contributed by atoms with van der Waals surface area (Å²) < 4.78 is 33.2. The molecule has 0 spiro atoms. The molecule has 0 fully saturated rings. The summed E-state index contributed by atoms with van der Waals surface area (Å²) >= 11 is 0. The highest BCUT2D eigenvalue weighted by Crippen LogP contribution is 2.38. The average molecular weight is 433 g/mol. The van der Waals surface area contributed by atoms with E-state index in [4.69, 9.17) is 11.2 Å². The van der Waals surface area contributed by atoms with Gasteiger partial charge >= 0.3 is 0 Å². The Morgan fingerprint density at radius 3 is 2.53 bits per heavy atom.